The zero-order valence-corrected chi connectivity index (χ0v) is 16.0. The first-order valence-electron chi connectivity index (χ1n) is 8.79. The molecule has 0 unspecified atom stereocenters. The third kappa shape index (κ3) is 2.88. The molecule has 2 aliphatic rings. The normalized spacial score (nSPS) is 17.3. The molecular weight excluding hydrogens is 364 g/mol. The fourth-order valence-electron chi connectivity index (χ4n) is 3.59. The molecule has 1 saturated heterocycles. The number of carbonyl (C=O) groups is 2. The van der Waals surface area contributed by atoms with Crippen LogP contribution in [0.1, 0.15) is 17.7 Å². The van der Waals surface area contributed by atoms with Crippen molar-refractivity contribution in [2.45, 2.75) is 12.8 Å². The van der Waals surface area contributed by atoms with E-state index in [-0.39, 0.29) is 11.8 Å². The first kappa shape index (κ1) is 17.6. The van der Waals surface area contributed by atoms with Crippen LogP contribution in [0.3, 0.4) is 0 Å². The maximum atomic E-state index is 13.4. The number of anilines is 1. The van der Waals surface area contributed by atoms with Crippen LogP contribution >= 0.6 is 11.3 Å². The molecule has 0 atom stereocenters. The number of methoxy groups -OCH3 is 2. The Morgan fingerprint density at radius 2 is 1.78 bits per heavy atom. The van der Waals surface area contributed by atoms with Gasteiger partial charge in [0.15, 0.2) is 0 Å². The standard InChI is InChI=1S/C20H20N2O4S/c1-25-13-7-8-15(26-2)14(12-13)22-19(23)17(16-6-5-11-27-16)18(20(22)24)21-9-3-4-10-21/h5-8,11-12H,3-4,9-10H2,1-2H3. The molecule has 1 aromatic carbocycles. The van der Waals surface area contributed by atoms with Crippen molar-refractivity contribution in [3.63, 3.8) is 0 Å². The van der Waals surface area contributed by atoms with Gasteiger partial charge in [0.1, 0.15) is 17.2 Å². The summed E-state index contributed by atoms with van der Waals surface area (Å²) in [6, 6.07) is 8.87. The summed E-state index contributed by atoms with van der Waals surface area (Å²) in [5.74, 6) is 0.372. The molecule has 4 rings (SSSR count). The maximum absolute atomic E-state index is 13.4. The number of imide groups is 1. The average molecular weight is 384 g/mol. The molecule has 0 spiro atoms. The highest BCUT2D eigenvalue weighted by atomic mass is 32.1. The van der Waals surface area contributed by atoms with Crippen LogP contribution in [0.5, 0.6) is 11.5 Å². The van der Waals surface area contributed by atoms with Gasteiger partial charge in [0.05, 0.1) is 25.5 Å². The van der Waals surface area contributed by atoms with Crippen molar-refractivity contribution >= 4 is 34.4 Å². The van der Waals surface area contributed by atoms with Gasteiger partial charge in [-0.1, -0.05) is 6.07 Å². The van der Waals surface area contributed by atoms with E-state index in [0.29, 0.717) is 28.5 Å². The molecule has 2 amide bonds. The van der Waals surface area contributed by atoms with Crippen molar-refractivity contribution in [1.82, 2.24) is 4.90 Å². The van der Waals surface area contributed by atoms with Crippen molar-refractivity contribution in [3.8, 4) is 11.5 Å². The van der Waals surface area contributed by atoms with Crippen molar-refractivity contribution in [2.24, 2.45) is 0 Å². The molecule has 2 aromatic rings. The van der Waals surface area contributed by atoms with Gasteiger partial charge >= 0.3 is 0 Å². The van der Waals surface area contributed by atoms with E-state index in [1.54, 1.807) is 25.3 Å². The minimum Gasteiger partial charge on any atom is -0.497 e. The van der Waals surface area contributed by atoms with E-state index < -0.39 is 0 Å². The van der Waals surface area contributed by atoms with Crippen LogP contribution in [0, 0.1) is 0 Å². The molecule has 1 fully saturated rings. The van der Waals surface area contributed by atoms with E-state index in [4.69, 9.17) is 9.47 Å². The third-order valence-electron chi connectivity index (χ3n) is 4.88. The molecule has 0 radical (unpaired) electrons. The fourth-order valence-corrected chi connectivity index (χ4v) is 4.35. The zero-order chi connectivity index (χ0) is 19.0. The van der Waals surface area contributed by atoms with Gasteiger partial charge in [-0.25, -0.2) is 4.90 Å². The lowest BCUT2D eigenvalue weighted by Gasteiger charge is -2.21. The smallest absolute Gasteiger partial charge is 0.282 e. The minimum atomic E-state index is -0.323. The molecule has 0 bridgehead atoms. The van der Waals surface area contributed by atoms with Crippen LogP contribution in [-0.2, 0) is 9.59 Å². The van der Waals surface area contributed by atoms with Crippen molar-refractivity contribution < 1.29 is 19.1 Å². The van der Waals surface area contributed by atoms with E-state index in [1.165, 1.54) is 23.3 Å². The lowest BCUT2D eigenvalue weighted by atomic mass is 10.1. The summed E-state index contributed by atoms with van der Waals surface area (Å²) in [7, 11) is 3.07. The Labute approximate surface area is 161 Å². The van der Waals surface area contributed by atoms with Gasteiger partial charge in [0, 0.05) is 24.0 Å². The summed E-state index contributed by atoms with van der Waals surface area (Å²) >= 11 is 1.46. The Bertz CT molecular complexity index is 914. The first-order chi connectivity index (χ1) is 13.2. The van der Waals surface area contributed by atoms with Crippen molar-refractivity contribution in [2.75, 3.05) is 32.2 Å². The second-order valence-corrected chi connectivity index (χ2v) is 7.33. The molecule has 0 aliphatic carbocycles. The number of likely N-dealkylation sites (tertiary alicyclic amines) is 1. The number of rotatable bonds is 5. The zero-order valence-electron chi connectivity index (χ0n) is 15.2. The second kappa shape index (κ2) is 7.08. The van der Waals surface area contributed by atoms with Crippen molar-refractivity contribution in [3.05, 3.63) is 46.3 Å². The van der Waals surface area contributed by atoms with Crippen LogP contribution in [0.2, 0.25) is 0 Å². The molecule has 7 heteroatoms. The Morgan fingerprint density at radius 3 is 2.41 bits per heavy atom. The summed E-state index contributed by atoms with van der Waals surface area (Å²) in [5.41, 5.74) is 1.36. The highest BCUT2D eigenvalue weighted by Crippen LogP contribution is 2.41. The first-order valence-corrected chi connectivity index (χ1v) is 9.67. The third-order valence-corrected chi connectivity index (χ3v) is 5.76. The molecule has 3 heterocycles. The van der Waals surface area contributed by atoms with Gasteiger partial charge < -0.3 is 14.4 Å². The summed E-state index contributed by atoms with van der Waals surface area (Å²) in [5, 5.41) is 1.91. The van der Waals surface area contributed by atoms with Gasteiger partial charge in [-0.15, -0.1) is 11.3 Å². The van der Waals surface area contributed by atoms with E-state index >= 15 is 0 Å². The lowest BCUT2D eigenvalue weighted by Crippen LogP contribution is -2.34. The molecule has 0 N–H and O–H groups in total. The monoisotopic (exact) mass is 384 g/mol. The highest BCUT2D eigenvalue weighted by molar-refractivity contribution is 7.11. The number of ether oxygens (including phenoxy) is 2. The second-order valence-electron chi connectivity index (χ2n) is 6.38. The number of thiophene rings is 1. The van der Waals surface area contributed by atoms with Gasteiger partial charge in [0.2, 0.25) is 0 Å². The Hall–Kier alpha value is -2.80. The highest BCUT2D eigenvalue weighted by Gasteiger charge is 2.44. The quantitative estimate of drug-likeness (QED) is 0.741. The predicted octanol–water partition coefficient (Wildman–Crippen LogP) is 3.15. The molecule has 6 nitrogen and oxygen atoms in total. The van der Waals surface area contributed by atoms with Crippen molar-refractivity contribution in [1.29, 1.82) is 0 Å². The SMILES string of the molecule is COc1ccc(OC)c(N2C(=O)C(c3cccs3)=C(N3CCCC3)C2=O)c1. The van der Waals surface area contributed by atoms with E-state index in [1.807, 2.05) is 22.4 Å². The topological polar surface area (TPSA) is 59.1 Å². The summed E-state index contributed by atoms with van der Waals surface area (Å²) < 4.78 is 10.7. The number of benzene rings is 1. The molecule has 2 aliphatic heterocycles. The number of hydrogen-bond acceptors (Lipinski definition) is 6. The van der Waals surface area contributed by atoms with Crippen LogP contribution in [0.25, 0.3) is 5.57 Å². The summed E-state index contributed by atoms with van der Waals surface area (Å²) in [6.45, 7) is 1.57. The van der Waals surface area contributed by atoms with E-state index in [0.717, 1.165) is 30.8 Å². The molecule has 27 heavy (non-hydrogen) atoms. The summed E-state index contributed by atoms with van der Waals surface area (Å²) in [6.07, 6.45) is 2.04. The van der Waals surface area contributed by atoms with E-state index in [2.05, 4.69) is 0 Å². The maximum Gasteiger partial charge on any atom is 0.282 e. The number of hydrogen-bond donors (Lipinski definition) is 0. The molecule has 140 valence electrons. The van der Waals surface area contributed by atoms with Crippen LogP contribution in [0.15, 0.2) is 41.4 Å². The van der Waals surface area contributed by atoms with Gasteiger partial charge in [-0.3, -0.25) is 9.59 Å². The number of carbonyl (C=O) groups excluding carboxylic acids is 2. The minimum absolute atomic E-state index is 0.308. The number of nitrogens with zero attached hydrogens (tertiary/aromatic N) is 2. The predicted molar refractivity (Wildman–Crippen MR) is 104 cm³/mol. The van der Waals surface area contributed by atoms with Crippen LogP contribution in [0.4, 0.5) is 5.69 Å². The van der Waals surface area contributed by atoms with Crippen LogP contribution in [-0.4, -0.2) is 44.0 Å². The van der Waals surface area contributed by atoms with Crippen LogP contribution < -0.4 is 14.4 Å². The van der Waals surface area contributed by atoms with Gasteiger partial charge in [0.25, 0.3) is 11.8 Å². The number of amides is 2. The molecular formula is C20H20N2O4S. The van der Waals surface area contributed by atoms with Gasteiger partial charge in [-0.05, 0) is 36.4 Å². The van der Waals surface area contributed by atoms with Gasteiger partial charge in [-0.2, -0.15) is 0 Å². The fraction of sp³-hybridized carbons (Fsp3) is 0.300. The average Bonchev–Trinajstić information content (AvgIpc) is 3.42. The lowest BCUT2D eigenvalue weighted by molar-refractivity contribution is -0.120. The molecule has 0 saturated carbocycles. The summed E-state index contributed by atoms with van der Waals surface area (Å²) in [4.78, 5) is 30.8. The Kier molecular flexibility index (Phi) is 4.61. The Morgan fingerprint density at radius 1 is 1.00 bits per heavy atom. The largest absolute Gasteiger partial charge is 0.497 e. The van der Waals surface area contributed by atoms with E-state index in [9.17, 15) is 9.59 Å². The Balaban J connectivity index is 1.84. The molecule has 1 aromatic heterocycles.